The number of rotatable bonds is 0. The van der Waals surface area contributed by atoms with Crippen LogP contribution >= 0.6 is 0 Å². The number of hydrogen-bond acceptors (Lipinski definition) is 0. The molecule has 2 heteroatoms. The summed E-state index contributed by atoms with van der Waals surface area (Å²) in [6, 6.07) is 12.5. The zero-order valence-electron chi connectivity index (χ0n) is 6.87. The summed E-state index contributed by atoms with van der Waals surface area (Å²) in [7, 11) is 2.06. The van der Waals surface area contributed by atoms with Crippen molar-refractivity contribution >= 4 is 10.9 Å². The Labute approximate surface area is 78.1 Å². The standard InChI is InChI=1S/C10H10N.ClH/c1-11-8-4-6-9-5-2-3-7-10(9)11;/h2-8H,1H3;1H/q+1;/p-1. The van der Waals surface area contributed by atoms with Gasteiger partial charge in [0.2, 0.25) is 5.52 Å². The summed E-state index contributed by atoms with van der Waals surface area (Å²) >= 11 is 0. The SMILES string of the molecule is C[n+]1cccc2ccccc21.[Cl-]. The first-order valence-electron chi connectivity index (χ1n) is 3.71. The molecule has 0 radical (unpaired) electrons. The lowest BCUT2D eigenvalue weighted by Gasteiger charge is -1.93. The lowest BCUT2D eigenvalue weighted by Crippen LogP contribution is -3.00. The van der Waals surface area contributed by atoms with E-state index >= 15 is 0 Å². The van der Waals surface area contributed by atoms with Crippen LogP contribution in [0.15, 0.2) is 42.6 Å². The van der Waals surface area contributed by atoms with Crippen LogP contribution in [-0.2, 0) is 7.05 Å². The lowest BCUT2D eigenvalue weighted by molar-refractivity contribution is -0.644. The molecule has 2 rings (SSSR count). The minimum Gasteiger partial charge on any atom is -1.00 e. The average molecular weight is 180 g/mol. The highest BCUT2D eigenvalue weighted by atomic mass is 35.5. The summed E-state index contributed by atoms with van der Waals surface area (Å²) in [6.45, 7) is 0. The lowest BCUT2D eigenvalue weighted by atomic mass is 10.2. The highest BCUT2D eigenvalue weighted by Crippen LogP contribution is 2.06. The summed E-state index contributed by atoms with van der Waals surface area (Å²) in [5, 5.41) is 1.29. The van der Waals surface area contributed by atoms with Gasteiger partial charge >= 0.3 is 0 Å². The Hall–Kier alpha value is -1.08. The van der Waals surface area contributed by atoms with Gasteiger partial charge in [0.15, 0.2) is 6.20 Å². The van der Waals surface area contributed by atoms with E-state index in [-0.39, 0.29) is 12.4 Å². The highest BCUT2D eigenvalue weighted by Gasteiger charge is 1.99. The van der Waals surface area contributed by atoms with Crippen molar-refractivity contribution in [2.45, 2.75) is 0 Å². The second-order valence-corrected chi connectivity index (χ2v) is 2.68. The van der Waals surface area contributed by atoms with E-state index in [1.165, 1.54) is 10.9 Å². The maximum atomic E-state index is 2.12. The zero-order valence-corrected chi connectivity index (χ0v) is 7.62. The third-order valence-electron chi connectivity index (χ3n) is 1.90. The summed E-state index contributed by atoms with van der Waals surface area (Å²) in [5.41, 5.74) is 1.27. The smallest absolute Gasteiger partial charge is 0.212 e. The molecule has 0 aliphatic rings. The van der Waals surface area contributed by atoms with Gasteiger partial charge in [-0.25, -0.2) is 4.57 Å². The maximum absolute atomic E-state index is 2.12. The van der Waals surface area contributed by atoms with Crippen LogP contribution in [0, 0.1) is 0 Å². The third-order valence-corrected chi connectivity index (χ3v) is 1.90. The molecule has 0 atom stereocenters. The molecule has 0 unspecified atom stereocenters. The molecule has 0 spiro atoms. The molecule has 1 aromatic heterocycles. The third kappa shape index (κ3) is 1.41. The van der Waals surface area contributed by atoms with Gasteiger partial charge in [-0.1, -0.05) is 12.1 Å². The van der Waals surface area contributed by atoms with Gasteiger partial charge in [0.1, 0.15) is 7.05 Å². The van der Waals surface area contributed by atoms with Gasteiger partial charge in [0.25, 0.3) is 0 Å². The Balaban J connectivity index is 0.000000720. The summed E-state index contributed by atoms with van der Waals surface area (Å²) in [6.07, 6.45) is 2.06. The number of hydrogen-bond donors (Lipinski definition) is 0. The molecule has 2 aromatic rings. The van der Waals surface area contributed by atoms with Crippen molar-refractivity contribution in [3.05, 3.63) is 42.6 Å². The van der Waals surface area contributed by atoms with Crippen LogP contribution in [-0.4, -0.2) is 0 Å². The fraction of sp³-hybridized carbons (Fsp3) is 0.100. The predicted octanol–water partition coefficient (Wildman–Crippen LogP) is -1.33. The number of para-hydroxylation sites is 1. The van der Waals surface area contributed by atoms with E-state index in [1.807, 2.05) is 0 Å². The van der Waals surface area contributed by atoms with Crippen LogP contribution < -0.4 is 17.0 Å². The molecule has 1 nitrogen and oxygen atoms in total. The van der Waals surface area contributed by atoms with E-state index in [0.717, 1.165) is 0 Å². The summed E-state index contributed by atoms with van der Waals surface area (Å²) in [5.74, 6) is 0. The van der Waals surface area contributed by atoms with Gasteiger partial charge < -0.3 is 12.4 Å². The molecule has 0 aliphatic heterocycles. The van der Waals surface area contributed by atoms with Crippen molar-refractivity contribution in [1.82, 2.24) is 0 Å². The normalized spacial score (nSPS) is 9.42. The number of fused-ring (bicyclic) bond motifs is 1. The van der Waals surface area contributed by atoms with E-state index in [2.05, 4.69) is 54.2 Å². The number of aryl methyl sites for hydroxylation is 1. The van der Waals surface area contributed by atoms with Crippen molar-refractivity contribution in [3.8, 4) is 0 Å². The van der Waals surface area contributed by atoms with Crippen molar-refractivity contribution in [1.29, 1.82) is 0 Å². The quantitative estimate of drug-likeness (QED) is 0.442. The Kier molecular flexibility index (Phi) is 2.66. The highest BCUT2D eigenvalue weighted by molar-refractivity contribution is 5.74. The summed E-state index contributed by atoms with van der Waals surface area (Å²) < 4.78 is 2.12. The van der Waals surface area contributed by atoms with Crippen molar-refractivity contribution in [2.75, 3.05) is 0 Å². The molecule has 0 saturated heterocycles. The molecular weight excluding hydrogens is 170 g/mol. The number of pyridine rings is 1. The van der Waals surface area contributed by atoms with Crippen LogP contribution in [0.3, 0.4) is 0 Å². The largest absolute Gasteiger partial charge is 1.00 e. The van der Waals surface area contributed by atoms with Gasteiger partial charge in [-0.2, -0.15) is 0 Å². The van der Waals surface area contributed by atoms with E-state index in [0.29, 0.717) is 0 Å². The van der Waals surface area contributed by atoms with Gasteiger partial charge in [-0.05, 0) is 12.1 Å². The van der Waals surface area contributed by atoms with Crippen LogP contribution in [0.4, 0.5) is 0 Å². The van der Waals surface area contributed by atoms with E-state index in [4.69, 9.17) is 0 Å². The minimum absolute atomic E-state index is 0. The molecule has 1 heterocycles. The van der Waals surface area contributed by atoms with Gasteiger partial charge in [0.05, 0.1) is 0 Å². The van der Waals surface area contributed by atoms with Gasteiger partial charge in [0, 0.05) is 17.5 Å². The van der Waals surface area contributed by atoms with Crippen molar-refractivity contribution in [2.24, 2.45) is 7.05 Å². The van der Waals surface area contributed by atoms with Crippen LogP contribution in [0.1, 0.15) is 0 Å². The fourth-order valence-corrected chi connectivity index (χ4v) is 1.31. The molecule has 0 N–H and O–H groups in total. The number of halogens is 1. The van der Waals surface area contributed by atoms with E-state index in [9.17, 15) is 0 Å². The first kappa shape index (κ1) is 9.01. The Morgan fingerprint density at radius 1 is 1.00 bits per heavy atom. The molecule has 0 saturated carbocycles. The monoisotopic (exact) mass is 179 g/mol. The minimum atomic E-state index is 0. The Morgan fingerprint density at radius 2 is 1.67 bits per heavy atom. The predicted molar refractivity (Wildman–Crippen MR) is 45.1 cm³/mol. The van der Waals surface area contributed by atoms with Gasteiger partial charge in [-0.3, -0.25) is 0 Å². The molecule has 1 aromatic carbocycles. The number of benzene rings is 1. The molecule has 0 fully saturated rings. The van der Waals surface area contributed by atoms with Crippen LogP contribution in [0.2, 0.25) is 0 Å². The van der Waals surface area contributed by atoms with Crippen LogP contribution in [0.5, 0.6) is 0 Å². The molecule has 12 heavy (non-hydrogen) atoms. The van der Waals surface area contributed by atoms with Crippen molar-refractivity contribution < 1.29 is 17.0 Å². The van der Waals surface area contributed by atoms with E-state index < -0.39 is 0 Å². The number of nitrogens with zero attached hydrogens (tertiary/aromatic N) is 1. The molecule has 0 aliphatic carbocycles. The first-order chi connectivity index (χ1) is 5.38. The Morgan fingerprint density at radius 3 is 2.42 bits per heavy atom. The topological polar surface area (TPSA) is 3.88 Å². The van der Waals surface area contributed by atoms with Crippen molar-refractivity contribution in [3.63, 3.8) is 0 Å². The van der Waals surface area contributed by atoms with Gasteiger partial charge in [-0.15, -0.1) is 0 Å². The molecule has 0 bridgehead atoms. The maximum Gasteiger partial charge on any atom is 0.212 e. The zero-order chi connectivity index (χ0) is 7.68. The summed E-state index contributed by atoms with van der Waals surface area (Å²) in [4.78, 5) is 0. The molecule has 0 amide bonds. The van der Waals surface area contributed by atoms with Crippen LogP contribution in [0.25, 0.3) is 10.9 Å². The second kappa shape index (κ2) is 3.55. The second-order valence-electron chi connectivity index (χ2n) is 2.68. The first-order valence-corrected chi connectivity index (χ1v) is 3.71. The Bertz CT molecular complexity index is 379. The fourth-order valence-electron chi connectivity index (χ4n) is 1.31. The number of aromatic nitrogens is 1. The average Bonchev–Trinajstić information content (AvgIpc) is 2.06. The molecule has 62 valence electrons. The molecular formula is C10H10ClN. The van der Waals surface area contributed by atoms with E-state index in [1.54, 1.807) is 0 Å².